The molecule has 0 amide bonds. The summed E-state index contributed by atoms with van der Waals surface area (Å²) in [5.41, 5.74) is 3.09. The third-order valence-electron chi connectivity index (χ3n) is 5.96. The predicted molar refractivity (Wildman–Crippen MR) is 137 cm³/mol. The molecule has 28 heavy (non-hydrogen) atoms. The van der Waals surface area contributed by atoms with E-state index >= 15 is 0 Å². The number of halogens is 1. The van der Waals surface area contributed by atoms with Gasteiger partial charge in [-0.2, -0.15) is 0 Å². The van der Waals surface area contributed by atoms with Gasteiger partial charge in [0.1, 0.15) is 0 Å². The molecular formula is C27H47I. The van der Waals surface area contributed by atoms with Crippen LogP contribution in [0.3, 0.4) is 0 Å². The van der Waals surface area contributed by atoms with Gasteiger partial charge < -0.3 is 0 Å². The Hall–Kier alpha value is -0.0500. The zero-order chi connectivity index (χ0) is 20.5. The maximum atomic E-state index is 2.57. The molecule has 0 atom stereocenters. The fraction of sp³-hybridized carbons (Fsp3) is 0.778. The Labute approximate surface area is 190 Å². The molecule has 0 nitrogen and oxygen atoms in total. The quantitative estimate of drug-likeness (QED) is 0.107. The number of hydrogen-bond acceptors (Lipinski definition) is 0. The van der Waals surface area contributed by atoms with Gasteiger partial charge in [-0.15, -0.1) is 0 Å². The summed E-state index contributed by atoms with van der Waals surface area (Å²) in [6.45, 7) is 6.94. The van der Waals surface area contributed by atoms with E-state index in [2.05, 4.69) is 67.6 Å². The van der Waals surface area contributed by atoms with Gasteiger partial charge in [0.25, 0.3) is 0 Å². The summed E-state index contributed by atoms with van der Waals surface area (Å²) in [5, 5.41) is 0. The number of hydrogen-bond donors (Lipinski definition) is 0. The van der Waals surface area contributed by atoms with Gasteiger partial charge in [-0.1, -0.05) is 150 Å². The van der Waals surface area contributed by atoms with Gasteiger partial charge in [0.05, 0.1) is 0 Å². The van der Waals surface area contributed by atoms with Crippen LogP contribution in [0.25, 0.3) is 0 Å². The van der Waals surface area contributed by atoms with Crippen LogP contribution in [0.2, 0.25) is 0 Å². The average Bonchev–Trinajstić information content (AvgIpc) is 2.67. The van der Waals surface area contributed by atoms with E-state index in [-0.39, 0.29) is 3.42 Å². The highest BCUT2D eigenvalue weighted by Crippen LogP contribution is 2.33. The van der Waals surface area contributed by atoms with Gasteiger partial charge in [0.15, 0.2) is 0 Å². The molecule has 0 N–H and O–H groups in total. The van der Waals surface area contributed by atoms with Crippen LogP contribution in [-0.4, -0.2) is 0 Å². The molecule has 0 saturated carbocycles. The summed E-state index contributed by atoms with van der Waals surface area (Å²) < 4.78 is 0.239. The Morgan fingerprint density at radius 2 is 1.00 bits per heavy atom. The minimum atomic E-state index is 0.239. The van der Waals surface area contributed by atoms with Gasteiger partial charge >= 0.3 is 0 Å². The second-order valence-corrected chi connectivity index (χ2v) is 11.9. The van der Waals surface area contributed by atoms with Crippen LogP contribution in [0.1, 0.15) is 135 Å². The molecule has 0 radical (unpaired) electrons. The molecule has 0 unspecified atom stereocenters. The SMILES string of the molecule is CCCCCCCCCCCCCCCCCCc1ccccc1C(C)(C)I. The molecule has 1 aromatic rings. The van der Waals surface area contributed by atoms with Crippen LogP contribution in [0.15, 0.2) is 24.3 Å². The largest absolute Gasteiger partial charge is 0.0743 e. The Morgan fingerprint density at radius 1 is 0.607 bits per heavy atom. The molecule has 0 fully saturated rings. The van der Waals surface area contributed by atoms with Crippen molar-refractivity contribution in [3.63, 3.8) is 0 Å². The maximum Gasteiger partial charge on any atom is 0.0416 e. The molecule has 1 heteroatoms. The first-order valence-electron chi connectivity index (χ1n) is 12.3. The molecule has 0 aliphatic heterocycles. The number of alkyl halides is 1. The zero-order valence-electron chi connectivity index (χ0n) is 19.2. The highest BCUT2D eigenvalue weighted by atomic mass is 127. The fourth-order valence-corrected chi connectivity index (χ4v) is 4.71. The summed E-state index contributed by atoms with van der Waals surface area (Å²) in [6, 6.07) is 9.04. The average molecular weight is 499 g/mol. The first-order chi connectivity index (χ1) is 13.6. The highest BCUT2D eigenvalue weighted by Gasteiger charge is 2.18. The molecule has 1 rings (SSSR count). The Bertz CT molecular complexity index is 471. The topological polar surface area (TPSA) is 0 Å². The normalized spacial score (nSPS) is 11.9. The van der Waals surface area contributed by atoms with Gasteiger partial charge in [-0.05, 0) is 37.8 Å². The van der Waals surface area contributed by atoms with Crippen LogP contribution < -0.4 is 0 Å². The van der Waals surface area contributed by atoms with E-state index in [0.717, 1.165) is 0 Å². The van der Waals surface area contributed by atoms with Crippen LogP contribution >= 0.6 is 22.6 Å². The molecular weight excluding hydrogens is 451 g/mol. The summed E-state index contributed by atoms with van der Waals surface area (Å²) in [6.07, 6.45) is 24.3. The fourth-order valence-electron chi connectivity index (χ4n) is 4.18. The number of rotatable bonds is 18. The monoisotopic (exact) mass is 498 g/mol. The lowest BCUT2D eigenvalue weighted by Crippen LogP contribution is -2.10. The second-order valence-electron chi connectivity index (χ2n) is 9.18. The van der Waals surface area contributed by atoms with E-state index in [9.17, 15) is 0 Å². The van der Waals surface area contributed by atoms with E-state index in [4.69, 9.17) is 0 Å². The lowest BCUT2D eigenvalue weighted by molar-refractivity contribution is 0.529. The lowest BCUT2D eigenvalue weighted by atomic mass is 9.93. The van der Waals surface area contributed by atoms with Crippen molar-refractivity contribution in [2.24, 2.45) is 0 Å². The third-order valence-corrected chi connectivity index (χ3v) is 6.54. The van der Waals surface area contributed by atoms with Crippen molar-refractivity contribution in [2.45, 2.75) is 133 Å². The van der Waals surface area contributed by atoms with Gasteiger partial charge in [-0.25, -0.2) is 0 Å². The van der Waals surface area contributed by atoms with Gasteiger partial charge in [0, 0.05) is 3.42 Å². The Balaban J connectivity index is 1.90. The standard InChI is InChI=1S/C27H47I/c1-4-5-6-7-8-9-10-11-12-13-14-15-16-17-18-19-22-25-23-20-21-24-26(25)27(2,3)28/h20-21,23-24H,4-19,22H2,1-3H3. The van der Waals surface area contributed by atoms with E-state index in [1.807, 2.05) is 0 Å². The summed E-state index contributed by atoms with van der Waals surface area (Å²) in [5.74, 6) is 0. The van der Waals surface area contributed by atoms with Crippen molar-refractivity contribution in [3.8, 4) is 0 Å². The molecule has 162 valence electrons. The van der Waals surface area contributed by atoms with E-state index in [1.54, 1.807) is 5.56 Å². The van der Waals surface area contributed by atoms with Crippen LogP contribution in [0, 0.1) is 0 Å². The molecule has 0 heterocycles. The third kappa shape index (κ3) is 13.2. The maximum absolute atomic E-state index is 2.57. The van der Waals surface area contributed by atoms with Gasteiger partial charge in [-0.3, -0.25) is 0 Å². The molecule has 0 bridgehead atoms. The van der Waals surface area contributed by atoms with Crippen LogP contribution in [0.5, 0.6) is 0 Å². The molecule has 0 aliphatic carbocycles. The van der Waals surface area contributed by atoms with Crippen molar-refractivity contribution >= 4 is 22.6 Å². The second kappa shape index (κ2) is 16.7. The van der Waals surface area contributed by atoms with Crippen molar-refractivity contribution in [1.29, 1.82) is 0 Å². The van der Waals surface area contributed by atoms with Crippen molar-refractivity contribution in [1.82, 2.24) is 0 Å². The van der Waals surface area contributed by atoms with E-state index in [0.29, 0.717) is 0 Å². The summed E-state index contributed by atoms with van der Waals surface area (Å²) >= 11 is 2.57. The Kier molecular flexibility index (Phi) is 15.5. The summed E-state index contributed by atoms with van der Waals surface area (Å²) in [7, 11) is 0. The summed E-state index contributed by atoms with van der Waals surface area (Å²) in [4.78, 5) is 0. The van der Waals surface area contributed by atoms with E-state index in [1.165, 1.54) is 115 Å². The zero-order valence-corrected chi connectivity index (χ0v) is 21.4. The molecule has 1 aromatic carbocycles. The smallest absolute Gasteiger partial charge is 0.0416 e. The van der Waals surface area contributed by atoms with Crippen LogP contribution in [-0.2, 0) is 9.84 Å². The van der Waals surface area contributed by atoms with Crippen LogP contribution in [0.4, 0.5) is 0 Å². The first kappa shape index (κ1) is 26.0. The molecule has 0 saturated heterocycles. The minimum Gasteiger partial charge on any atom is -0.0743 e. The van der Waals surface area contributed by atoms with Crippen molar-refractivity contribution < 1.29 is 0 Å². The van der Waals surface area contributed by atoms with Gasteiger partial charge in [0.2, 0.25) is 0 Å². The predicted octanol–water partition coefficient (Wildman–Crippen LogP) is 10.2. The van der Waals surface area contributed by atoms with Crippen molar-refractivity contribution in [2.75, 3.05) is 0 Å². The molecule has 0 aromatic heterocycles. The molecule has 0 aliphatic rings. The first-order valence-corrected chi connectivity index (χ1v) is 13.4. The number of aryl methyl sites for hydroxylation is 1. The lowest BCUT2D eigenvalue weighted by Gasteiger charge is -2.21. The number of benzene rings is 1. The minimum absolute atomic E-state index is 0.239. The molecule has 0 spiro atoms. The highest BCUT2D eigenvalue weighted by molar-refractivity contribution is 14.1. The van der Waals surface area contributed by atoms with E-state index < -0.39 is 0 Å². The Morgan fingerprint density at radius 3 is 1.43 bits per heavy atom. The number of unbranched alkanes of at least 4 members (excludes halogenated alkanes) is 15. The van der Waals surface area contributed by atoms with Crippen molar-refractivity contribution in [3.05, 3.63) is 35.4 Å².